The second kappa shape index (κ2) is 12.8. The number of methoxy groups -OCH3 is 1. The number of fused-ring (bicyclic) bond motifs is 9. The number of benzene rings is 1. The molecule has 1 N–H and O–H groups in total. The van der Waals surface area contributed by atoms with Gasteiger partial charge in [0, 0.05) is 22.9 Å². The average Bonchev–Trinajstić information content (AvgIpc) is 3.72. The molecule has 1 aromatic carbocycles. The second-order valence-corrected chi connectivity index (χ2v) is 14.8. The van der Waals surface area contributed by atoms with E-state index in [1.54, 1.807) is 12.0 Å². The molecule has 1 aromatic heterocycles. The minimum Gasteiger partial charge on any atom is -0.497 e. The first kappa shape index (κ1) is 31.6. The number of ether oxygens (including phenoxy) is 3. The predicted molar refractivity (Wildman–Crippen MR) is 171 cm³/mol. The Kier molecular flexibility index (Phi) is 8.99. The molecule has 4 bridgehead atoms. The van der Waals surface area contributed by atoms with Crippen LogP contribution in [0, 0.1) is 29.1 Å². The summed E-state index contributed by atoms with van der Waals surface area (Å²) in [6, 6.07) is 6.51. The van der Waals surface area contributed by atoms with Crippen molar-refractivity contribution < 1.29 is 28.6 Å². The lowest BCUT2D eigenvalue weighted by Crippen LogP contribution is -2.57. The van der Waals surface area contributed by atoms with Gasteiger partial charge in [0.25, 0.3) is 0 Å². The van der Waals surface area contributed by atoms with E-state index in [9.17, 15) is 14.4 Å². The third-order valence-electron chi connectivity index (χ3n) is 11.0. The lowest BCUT2D eigenvalue weighted by atomic mass is 9.82. The van der Waals surface area contributed by atoms with Crippen molar-refractivity contribution in [1.82, 2.24) is 15.2 Å². The Morgan fingerprint density at radius 3 is 2.60 bits per heavy atom. The predicted octanol–water partition coefficient (Wildman–Crippen LogP) is 6.10. The molecule has 9 nitrogen and oxygen atoms in total. The Balaban J connectivity index is 1.37. The summed E-state index contributed by atoms with van der Waals surface area (Å²) < 4.78 is 18.3. The molecule has 1 saturated heterocycles. The zero-order chi connectivity index (χ0) is 31.9. The fourth-order valence-electron chi connectivity index (χ4n) is 8.57. The van der Waals surface area contributed by atoms with Crippen molar-refractivity contribution in [2.24, 2.45) is 29.1 Å². The minimum atomic E-state index is -0.860. The lowest BCUT2D eigenvalue weighted by molar-refractivity contribution is -0.139. The lowest BCUT2D eigenvalue weighted by Gasteiger charge is -2.36. The normalized spacial score (nSPS) is 32.5. The summed E-state index contributed by atoms with van der Waals surface area (Å²) >= 11 is 0. The molecule has 0 radical (unpaired) electrons. The number of nitrogens with one attached hydrogen (secondary N) is 1. The fraction of sp³-hybridized carbons (Fsp3) is 0.667. The highest BCUT2D eigenvalue weighted by molar-refractivity contribution is 5.89. The van der Waals surface area contributed by atoms with Crippen LogP contribution < -0.4 is 14.8 Å². The summed E-state index contributed by atoms with van der Waals surface area (Å²) in [6.07, 6.45) is 8.84. The van der Waals surface area contributed by atoms with Gasteiger partial charge in [-0.25, -0.2) is 9.78 Å². The van der Waals surface area contributed by atoms with E-state index in [0.717, 1.165) is 73.4 Å². The molecule has 3 heterocycles. The number of pyridine rings is 1. The number of aryl methyl sites for hydroxylation is 1. The number of carbonyl (C=O) groups excluding carboxylic acids is 3. The average molecular weight is 620 g/mol. The third-order valence-corrected chi connectivity index (χ3v) is 11.0. The summed E-state index contributed by atoms with van der Waals surface area (Å²) in [5.74, 6) is 2.12. The summed E-state index contributed by atoms with van der Waals surface area (Å²) in [6.45, 7) is 8.04. The van der Waals surface area contributed by atoms with Crippen LogP contribution in [0.1, 0.15) is 84.6 Å². The highest BCUT2D eigenvalue weighted by atomic mass is 16.6. The van der Waals surface area contributed by atoms with Crippen molar-refractivity contribution in [3.63, 3.8) is 0 Å². The first-order valence-electron chi connectivity index (χ1n) is 17.0. The number of rotatable bonds is 3. The molecule has 2 aromatic rings. The van der Waals surface area contributed by atoms with E-state index in [-0.39, 0.29) is 24.5 Å². The van der Waals surface area contributed by atoms with Gasteiger partial charge in [-0.1, -0.05) is 40.5 Å². The summed E-state index contributed by atoms with van der Waals surface area (Å²) in [5.41, 5.74) is 1.21. The van der Waals surface area contributed by atoms with Crippen molar-refractivity contribution in [2.75, 3.05) is 13.7 Å². The Bertz CT molecular complexity index is 1420. The van der Waals surface area contributed by atoms with Gasteiger partial charge >= 0.3 is 6.09 Å². The largest absolute Gasteiger partial charge is 0.497 e. The Morgan fingerprint density at radius 2 is 1.87 bits per heavy atom. The molecule has 9 heteroatoms. The monoisotopic (exact) mass is 619 g/mol. The van der Waals surface area contributed by atoms with E-state index in [0.29, 0.717) is 30.1 Å². The molecule has 0 unspecified atom stereocenters. The van der Waals surface area contributed by atoms with Gasteiger partial charge in [-0.05, 0) is 86.3 Å². The zero-order valence-corrected chi connectivity index (χ0v) is 27.4. The van der Waals surface area contributed by atoms with Crippen molar-refractivity contribution in [3.05, 3.63) is 29.8 Å². The molecule has 4 aliphatic rings. The zero-order valence-electron chi connectivity index (χ0n) is 27.4. The highest BCUT2D eigenvalue weighted by Crippen LogP contribution is 2.51. The summed E-state index contributed by atoms with van der Waals surface area (Å²) in [5, 5.41) is 3.98. The molecule has 2 saturated carbocycles. The number of aromatic nitrogens is 1. The molecule has 6 rings (SSSR count). The van der Waals surface area contributed by atoms with Gasteiger partial charge in [0.15, 0.2) is 0 Å². The van der Waals surface area contributed by atoms with Crippen LogP contribution >= 0.6 is 0 Å². The van der Waals surface area contributed by atoms with Crippen molar-refractivity contribution in [2.45, 2.75) is 110 Å². The van der Waals surface area contributed by atoms with Crippen LogP contribution in [0.2, 0.25) is 0 Å². The van der Waals surface area contributed by atoms with Crippen LogP contribution in [0.25, 0.3) is 10.9 Å². The van der Waals surface area contributed by atoms with Crippen molar-refractivity contribution >= 4 is 29.2 Å². The maximum Gasteiger partial charge on any atom is 0.408 e. The SMILES string of the molecule is CC[C@@H]1[C@@H]2CN(C(=O)[C@H](C(C)(C)C)NC(=O)O[C@@H]3[C@H]4CC[C@H](C4)[C@H]3CCCCCc3cc4ccc(OC)cc4nc3O2)[C@@H]1C=O. The van der Waals surface area contributed by atoms with Gasteiger partial charge in [-0.2, -0.15) is 0 Å². The van der Waals surface area contributed by atoms with Gasteiger partial charge in [-0.3, -0.25) is 4.79 Å². The molecule has 3 fully saturated rings. The van der Waals surface area contributed by atoms with E-state index >= 15 is 0 Å². The molecule has 2 aliphatic heterocycles. The molecule has 0 spiro atoms. The van der Waals surface area contributed by atoms with E-state index in [1.165, 1.54) is 6.42 Å². The van der Waals surface area contributed by atoms with Gasteiger partial charge < -0.3 is 29.2 Å². The maximum absolute atomic E-state index is 14.3. The van der Waals surface area contributed by atoms with Crippen LogP contribution in [-0.2, 0) is 20.7 Å². The van der Waals surface area contributed by atoms with Crippen molar-refractivity contribution in [1.29, 1.82) is 0 Å². The Morgan fingerprint density at radius 1 is 1.07 bits per heavy atom. The summed E-state index contributed by atoms with van der Waals surface area (Å²) in [7, 11) is 1.64. The van der Waals surface area contributed by atoms with E-state index < -0.39 is 29.7 Å². The number of carbonyl (C=O) groups is 3. The standard InChI is InChI=1S/C36H49N3O6/c1-6-26-29(20-40)39-19-30(26)44-33-24(17-22-14-15-25(43-5)18-28(22)37-33)10-8-7-9-11-27-21-12-13-23(16-21)31(27)45-35(42)38-32(34(39)41)36(2,3)4/h14-15,17-18,20-21,23,26-27,29-32H,6-13,16,19H2,1-5H3,(H,38,42)/t21-,23+,26+,27-,29-,30+,31-,32-/m1/s1. The van der Waals surface area contributed by atoms with E-state index in [4.69, 9.17) is 19.2 Å². The number of alkyl carbamates (subject to hydrolysis) is 1. The Hall–Kier alpha value is -3.36. The molecular weight excluding hydrogens is 570 g/mol. The fourth-order valence-corrected chi connectivity index (χ4v) is 8.57. The van der Waals surface area contributed by atoms with Crippen LogP contribution in [-0.4, -0.2) is 66.1 Å². The van der Waals surface area contributed by atoms with Crippen LogP contribution in [0.5, 0.6) is 11.6 Å². The number of hydrogen-bond donors (Lipinski definition) is 1. The molecule has 8 atom stereocenters. The van der Waals surface area contributed by atoms with E-state index in [1.807, 2.05) is 45.9 Å². The Labute approximate surface area is 266 Å². The molecule has 45 heavy (non-hydrogen) atoms. The molecule has 2 aliphatic carbocycles. The second-order valence-electron chi connectivity index (χ2n) is 14.8. The minimum absolute atomic E-state index is 0.108. The smallest absolute Gasteiger partial charge is 0.408 e. The van der Waals surface area contributed by atoms with Gasteiger partial charge in [0.05, 0.1) is 25.2 Å². The maximum atomic E-state index is 14.3. The third kappa shape index (κ3) is 6.24. The van der Waals surface area contributed by atoms with Gasteiger partial charge in [-0.15, -0.1) is 0 Å². The van der Waals surface area contributed by atoms with E-state index in [2.05, 4.69) is 11.4 Å². The van der Waals surface area contributed by atoms with Gasteiger partial charge in [0.1, 0.15) is 30.3 Å². The first-order valence-corrected chi connectivity index (χ1v) is 17.0. The van der Waals surface area contributed by atoms with Crippen LogP contribution in [0.4, 0.5) is 4.79 Å². The topological polar surface area (TPSA) is 107 Å². The van der Waals surface area contributed by atoms with Crippen molar-refractivity contribution in [3.8, 4) is 11.6 Å². The number of nitrogens with zero attached hydrogens (tertiary/aromatic N) is 2. The van der Waals surface area contributed by atoms with Crippen LogP contribution in [0.3, 0.4) is 0 Å². The highest BCUT2D eigenvalue weighted by Gasteiger charge is 2.51. The number of amides is 2. The first-order chi connectivity index (χ1) is 21.6. The summed E-state index contributed by atoms with van der Waals surface area (Å²) in [4.78, 5) is 46.9. The molecule has 2 amide bonds. The van der Waals surface area contributed by atoms with Crippen LogP contribution in [0.15, 0.2) is 24.3 Å². The van der Waals surface area contributed by atoms with Gasteiger partial charge in [0.2, 0.25) is 11.8 Å². The molecular formula is C36H49N3O6. The number of hydrogen-bond acceptors (Lipinski definition) is 7. The quantitative estimate of drug-likeness (QED) is 0.414. The number of aldehydes is 1. The molecule has 244 valence electrons.